The van der Waals surface area contributed by atoms with Gasteiger partial charge in [-0.05, 0) is 56.5 Å². The molecule has 0 spiro atoms. The van der Waals surface area contributed by atoms with E-state index in [9.17, 15) is 0 Å². The summed E-state index contributed by atoms with van der Waals surface area (Å²) in [6, 6.07) is 11.4. The molecule has 2 nitrogen and oxygen atoms in total. The summed E-state index contributed by atoms with van der Waals surface area (Å²) >= 11 is 0. The molecule has 2 rings (SSSR count). The second kappa shape index (κ2) is 5.98. The van der Waals surface area contributed by atoms with E-state index in [0.29, 0.717) is 12.1 Å². The topological polar surface area (TPSA) is 24.9 Å². The van der Waals surface area contributed by atoms with Crippen LogP contribution in [0.5, 0.6) is 0 Å². The Hall–Kier alpha value is -1.67. The van der Waals surface area contributed by atoms with E-state index in [0.717, 1.165) is 0 Å². The molecule has 0 fully saturated rings. The fourth-order valence-corrected chi connectivity index (χ4v) is 2.44. The van der Waals surface area contributed by atoms with Crippen molar-refractivity contribution in [3.05, 3.63) is 65.0 Å². The van der Waals surface area contributed by atoms with Crippen molar-refractivity contribution in [2.24, 2.45) is 0 Å². The molecule has 0 aliphatic carbocycles. The van der Waals surface area contributed by atoms with Crippen LogP contribution < -0.4 is 5.32 Å². The third-order valence-electron chi connectivity index (χ3n) is 3.61. The maximum absolute atomic E-state index is 4.06. The highest BCUT2D eigenvalue weighted by molar-refractivity contribution is 5.33. The molecule has 2 aromatic rings. The monoisotopic (exact) mass is 254 g/mol. The first-order valence-electron chi connectivity index (χ1n) is 6.81. The molecule has 0 aliphatic rings. The van der Waals surface area contributed by atoms with Gasteiger partial charge >= 0.3 is 0 Å². The van der Waals surface area contributed by atoms with Crippen LogP contribution in [0.2, 0.25) is 0 Å². The molecule has 0 amide bonds. The molecule has 1 aromatic heterocycles. The lowest BCUT2D eigenvalue weighted by Crippen LogP contribution is -2.23. The van der Waals surface area contributed by atoms with Gasteiger partial charge in [0, 0.05) is 24.5 Å². The largest absolute Gasteiger partial charge is 0.304 e. The highest BCUT2D eigenvalue weighted by atomic mass is 14.9. The average molecular weight is 254 g/mol. The Morgan fingerprint density at radius 2 is 1.63 bits per heavy atom. The van der Waals surface area contributed by atoms with E-state index in [1.165, 1.54) is 22.3 Å². The predicted octanol–water partition coefficient (Wildman–Crippen LogP) is 4.11. The van der Waals surface area contributed by atoms with E-state index in [4.69, 9.17) is 0 Å². The molecule has 2 heteroatoms. The lowest BCUT2D eigenvalue weighted by atomic mass is 9.98. The van der Waals surface area contributed by atoms with Crippen molar-refractivity contribution in [2.75, 3.05) is 0 Å². The first-order valence-corrected chi connectivity index (χ1v) is 6.81. The summed E-state index contributed by atoms with van der Waals surface area (Å²) in [5.41, 5.74) is 5.30. The summed E-state index contributed by atoms with van der Waals surface area (Å²) in [5, 5.41) is 3.65. The summed E-state index contributed by atoms with van der Waals surface area (Å²) in [5.74, 6) is 0. The summed E-state index contributed by atoms with van der Waals surface area (Å²) in [4.78, 5) is 4.06. The van der Waals surface area contributed by atoms with Gasteiger partial charge in [-0.25, -0.2) is 0 Å². The third kappa shape index (κ3) is 3.42. The van der Waals surface area contributed by atoms with Crippen molar-refractivity contribution in [1.29, 1.82) is 0 Å². The van der Waals surface area contributed by atoms with Crippen LogP contribution in [0.4, 0.5) is 0 Å². The molecule has 0 radical (unpaired) electrons. The smallest absolute Gasteiger partial charge is 0.0300 e. The molecule has 100 valence electrons. The van der Waals surface area contributed by atoms with Gasteiger partial charge in [-0.15, -0.1) is 0 Å². The summed E-state index contributed by atoms with van der Waals surface area (Å²) in [6.45, 7) is 8.72. The number of aryl methyl sites for hydroxylation is 2. The molecule has 1 heterocycles. The highest BCUT2D eigenvalue weighted by Gasteiger charge is 2.12. The van der Waals surface area contributed by atoms with Crippen LogP contribution in [0.25, 0.3) is 0 Å². The van der Waals surface area contributed by atoms with Crippen LogP contribution in [-0.2, 0) is 0 Å². The van der Waals surface area contributed by atoms with Gasteiger partial charge in [0.15, 0.2) is 0 Å². The number of nitrogens with zero attached hydrogens (tertiary/aromatic N) is 1. The van der Waals surface area contributed by atoms with E-state index in [-0.39, 0.29) is 0 Å². The summed E-state index contributed by atoms with van der Waals surface area (Å²) in [7, 11) is 0. The van der Waals surface area contributed by atoms with E-state index in [1.54, 1.807) is 0 Å². The van der Waals surface area contributed by atoms with Crippen molar-refractivity contribution >= 4 is 0 Å². The zero-order valence-electron chi connectivity index (χ0n) is 12.1. The van der Waals surface area contributed by atoms with Crippen molar-refractivity contribution in [1.82, 2.24) is 10.3 Å². The van der Waals surface area contributed by atoms with Crippen molar-refractivity contribution in [3.8, 4) is 0 Å². The normalized spacial score (nSPS) is 14.1. The maximum Gasteiger partial charge on any atom is 0.0300 e. The maximum atomic E-state index is 4.06. The SMILES string of the molecule is Cc1ccc(C)c(C(C)N[C@@H](C)c2ccncc2)c1. The second-order valence-electron chi connectivity index (χ2n) is 5.25. The van der Waals surface area contributed by atoms with Crippen molar-refractivity contribution in [3.63, 3.8) is 0 Å². The Morgan fingerprint density at radius 1 is 0.947 bits per heavy atom. The van der Waals surface area contributed by atoms with Crippen LogP contribution in [0.1, 0.15) is 48.2 Å². The Labute approximate surface area is 115 Å². The fourth-order valence-electron chi connectivity index (χ4n) is 2.44. The number of benzene rings is 1. The van der Waals surface area contributed by atoms with Gasteiger partial charge in [0.2, 0.25) is 0 Å². The van der Waals surface area contributed by atoms with Crippen LogP contribution in [0, 0.1) is 13.8 Å². The molecule has 1 N–H and O–H groups in total. The second-order valence-corrected chi connectivity index (χ2v) is 5.25. The van der Waals surface area contributed by atoms with Crippen molar-refractivity contribution in [2.45, 2.75) is 39.8 Å². The molecule has 0 aliphatic heterocycles. The highest BCUT2D eigenvalue weighted by Crippen LogP contribution is 2.22. The standard InChI is InChI=1S/C17H22N2/c1-12-5-6-13(2)17(11-12)15(4)19-14(3)16-7-9-18-10-8-16/h5-11,14-15,19H,1-4H3/t14-,15?/m0/s1. The number of hydrogen-bond acceptors (Lipinski definition) is 2. The van der Waals surface area contributed by atoms with Crippen LogP contribution in [0.3, 0.4) is 0 Å². The predicted molar refractivity (Wildman–Crippen MR) is 80.1 cm³/mol. The fraction of sp³-hybridized carbons (Fsp3) is 0.353. The number of pyridine rings is 1. The van der Waals surface area contributed by atoms with Gasteiger partial charge in [0.05, 0.1) is 0 Å². The molecule has 1 unspecified atom stereocenters. The molecule has 2 atom stereocenters. The number of hydrogen-bond donors (Lipinski definition) is 1. The van der Waals surface area contributed by atoms with Gasteiger partial charge in [0.25, 0.3) is 0 Å². The molecular formula is C17H22N2. The van der Waals surface area contributed by atoms with E-state index in [1.807, 2.05) is 12.4 Å². The van der Waals surface area contributed by atoms with E-state index >= 15 is 0 Å². The van der Waals surface area contributed by atoms with Gasteiger partial charge in [0.1, 0.15) is 0 Å². The van der Waals surface area contributed by atoms with Crippen LogP contribution >= 0.6 is 0 Å². The molecule has 1 aromatic carbocycles. The van der Waals surface area contributed by atoms with Crippen LogP contribution in [-0.4, -0.2) is 4.98 Å². The molecule has 0 saturated heterocycles. The van der Waals surface area contributed by atoms with Crippen molar-refractivity contribution < 1.29 is 0 Å². The first-order chi connectivity index (χ1) is 9.08. The zero-order chi connectivity index (χ0) is 13.8. The molecular weight excluding hydrogens is 232 g/mol. The Kier molecular flexibility index (Phi) is 4.33. The zero-order valence-corrected chi connectivity index (χ0v) is 12.1. The van der Waals surface area contributed by atoms with E-state index < -0.39 is 0 Å². The molecule has 0 bridgehead atoms. The van der Waals surface area contributed by atoms with Gasteiger partial charge < -0.3 is 5.32 Å². The quantitative estimate of drug-likeness (QED) is 0.888. The Balaban J connectivity index is 2.13. The number of rotatable bonds is 4. The minimum absolute atomic E-state index is 0.318. The van der Waals surface area contributed by atoms with Crippen LogP contribution in [0.15, 0.2) is 42.7 Å². The summed E-state index contributed by atoms with van der Waals surface area (Å²) < 4.78 is 0. The first kappa shape index (κ1) is 13.8. The number of nitrogens with one attached hydrogen (secondary N) is 1. The van der Waals surface area contributed by atoms with Gasteiger partial charge in [-0.3, -0.25) is 4.98 Å². The van der Waals surface area contributed by atoms with Gasteiger partial charge in [-0.1, -0.05) is 23.8 Å². The molecule has 19 heavy (non-hydrogen) atoms. The Bertz CT molecular complexity index is 534. The summed E-state index contributed by atoms with van der Waals surface area (Å²) in [6.07, 6.45) is 3.69. The third-order valence-corrected chi connectivity index (χ3v) is 3.61. The average Bonchev–Trinajstić information content (AvgIpc) is 2.42. The minimum atomic E-state index is 0.318. The van der Waals surface area contributed by atoms with Gasteiger partial charge in [-0.2, -0.15) is 0 Å². The Morgan fingerprint density at radius 3 is 2.32 bits per heavy atom. The minimum Gasteiger partial charge on any atom is -0.304 e. The lowest BCUT2D eigenvalue weighted by Gasteiger charge is -2.22. The van der Waals surface area contributed by atoms with E-state index in [2.05, 4.69) is 68.3 Å². The molecule has 0 saturated carbocycles. The number of aromatic nitrogens is 1. The lowest BCUT2D eigenvalue weighted by molar-refractivity contribution is 0.492.